The van der Waals surface area contributed by atoms with Gasteiger partial charge in [-0.1, -0.05) is 0 Å². The summed E-state index contributed by atoms with van der Waals surface area (Å²) in [5.41, 5.74) is 5.02. The minimum atomic E-state index is -0.916. The smallest absolute Gasteiger partial charge is 0.408 e. The summed E-state index contributed by atoms with van der Waals surface area (Å²) in [7, 11) is 0. The molecule has 5 heteroatoms. The number of carbonyl (C=O) groups is 1. The predicted octanol–water partition coefficient (Wildman–Crippen LogP) is 1.53. The van der Waals surface area contributed by atoms with Crippen LogP contribution in [0, 0.1) is 0 Å². The Bertz CT molecular complexity index is 168. The number of hydrogen-bond acceptors (Lipinski definition) is 2. The first-order valence-corrected chi connectivity index (χ1v) is 4.03. The molecule has 0 fully saturated rings. The molecular formula is C8H19ClN2O2. The summed E-state index contributed by atoms with van der Waals surface area (Å²) >= 11 is 0. The molecule has 3 N–H and O–H groups in total. The van der Waals surface area contributed by atoms with Crippen molar-refractivity contribution in [1.82, 2.24) is 4.90 Å². The van der Waals surface area contributed by atoms with Crippen molar-refractivity contribution in [1.29, 1.82) is 0 Å². The van der Waals surface area contributed by atoms with Crippen LogP contribution in [0.5, 0.6) is 0 Å². The lowest BCUT2D eigenvalue weighted by Crippen LogP contribution is -2.52. The van der Waals surface area contributed by atoms with Gasteiger partial charge in [-0.25, -0.2) is 4.79 Å². The molecule has 0 aromatic rings. The minimum absolute atomic E-state index is 0. The number of hydrogen-bond donors (Lipinski definition) is 2. The third kappa shape index (κ3) is 4.33. The molecule has 0 saturated heterocycles. The largest absolute Gasteiger partial charge is 0.465 e. The second-order valence-corrected chi connectivity index (χ2v) is 3.91. The molecule has 0 spiro atoms. The second-order valence-electron chi connectivity index (χ2n) is 3.91. The molecule has 0 aromatic carbocycles. The van der Waals surface area contributed by atoms with E-state index in [1.54, 1.807) is 6.92 Å². The topological polar surface area (TPSA) is 66.6 Å². The molecule has 0 aliphatic rings. The third-order valence-corrected chi connectivity index (χ3v) is 1.71. The lowest BCUT2D eigenvalue weighted by atomic mass is 10.0. The fourth-order valence-electron chi connectivity index (χ4n) is 1.24. The Morgan fingerprint density at radius 3 is 2.00 bits per heavy atom. The van der Waals surface area contributed by atoms with Gasteiger partial charge in [0.05, 0.1) is 0 Å². The van der Waals surface area contributed by atoms with Gasteiger partial charge >= 0.3 is 6.09 Å². The van der Waals surface area contributed by atoms with Crippen LogP contribution < -0.4 is 5.73 Å². The van der Waals surface area contributed by atoms with Crippen molar-refractivity contribution >= 4 is 18.5 Å². The van der Waals surface area contributed by atoms with Crippen molar-refractivity contribution in [2.24, 2.45) is 5.73 Å². The number of nitrogens with zero attached hydrogens (tertiary/aromatic N) is 1. The van der Waals surface area contributed by atoms with Gasteiger partial charge in [-0.15, -0.1) is 12.4 Å². The van der Waals surface area contributed by atoms with Crippen LogP contribution in [0.3, 0.4) is 0 Å². The lowest BCUT2D eigenvalue weighted by Gasteiger charge is -2.37. The van der Waals surface area contributed by atoms with Crippen molar-refractivity contribution in [2.45, 2.75) is 39.3 Å². The van der Waals surface area contributed by atoms with Crippen LogP contribution in [0.25, 0.3) is 0 Å². The number of carboxylic acid groups (broad SMARTS) is 1. The Morgan fingerprint density at radius 2 is 1.92 bits per heavy atom. The first-order valence-electron chi connectivity index (χ1n) is 4.03. The van der Waals surface area contributed by atoms with E-state index in [1.165, 1.54) is 4.90 Å². The summed E-state index contributed by atoms with van der Waals surface area (Å²) in [4.78, 5) is 12.2. The molecular weight excluding hydrogens is 192 g/mol. The van der Waals surface area contributed by atoms with Gasteiger partial charge in [0.1, 0.15) is 0 Å². The van der Waals surface area contributed by atoms with Gasteiger partial charge in [0.25, 0.3) is 0 Å². The molecule has 1 atom stereocenters. The molecule has 0 aliphatic carbocycles. The summed E-state index contributed by atoms with van der Waals surface area (Å²) in [5.74, 6) is 0. The maximum atomic E-state index is 10.8. The highest BCUT2D eigenvalue weighted by atomic mass is 35.5. The normalized spacial score (nSPS) is 13.0. The van der Waals surface area contributed by atoms with Gasteiger partial charge < -0.3 is 10.8 Å². The average Bonchev–Trinajstić information content (AvgIpc) is 1.83. The molecule has 0 bridgehead atoms. The van der Waals surface area contributed by atoms with E-state index in [0.29, 0.717) is 6.54 Å². The zero-order chi connectivity index (χ0) is 9.94. The molecule has 0 rings (SSSR count). The molecule has 1 amide bonds. The van der Waals surface area contributed by atoms with Crippen LogP contribution in [-0.2, 0) is 0 Å². The Morgan fingerprint density at radius 1 is 1.54 bits per heavy atom. The maximum absolute atomic E-state index is 10.8. The average molecular weight is 211 g/mol. The Kier molecular flexibility index (Phi) is 6.11. The van der Waals surface area contributed by atoms with Crippen molar-refractivity contribution in [3.63, 3.8) is 0 Å². The lowest BCUT2D eigenvalue weighted by molar-refractivity contribution is 0.0778. The molecule has 80 valence electrons. The van der Waals surface area contributed by atoms with E-state index in [-0.39, 0.29) is 24.0 Å². The molecule has 0 radical (unpaired) electrons. The van der Waals surface area contributed by atoms with Gasteiger partial charge in [-0.3, -0.25) is 4.90 Å². The summed E-state index contributed by atoms with van der Waals surface area (Å²) in [6.07, 6.45) is -0.916. The van der Waals surface area contributed by atoms with E-state index < -0.39 is 6.09 Å². The van der Waals surface area contributed by atoms with Gasteiger partial charge in [0.15, 0.2) is 0 Å². The maximum Gasteiger partial charge on any atom is 0.408 e. The van der Waals surface area contributed by atoms with Crippen LogP contribution in [-0.4, -0.2) is 34.2 Å². The number of nitrogens with two attached hydrogens (primary N) is 1. The summed E-state index contributed by atoms with van der Waals surface area (Å²) < 4.78 is 0. The molecule has 0 aromatic heterocycles. The minimum Gasteiger partial charge on any atom is -0.465 e. The van der Waals surface area contributed by atoms with E-state index in [1.807, 2.05) is 20.8 Å². The van der Waals surface area contributed by atoms with Gasteiger partial charge in [0, 0.05) is 18.1 Å². The van der Waals surface area contributed by atoms with Crippen LogP contribution in [0.15, 0.2) is 0 Å². The van der Waals surface area contributed by atoms with Gasteiger partial charge in [0.2, 0.25) is 0 Å². The zero-order valence-corrected chi connectivity index (χ0v) is 9.39. The SMILES string of the molecule is C[C@H](CN)N(C(=O)O)C(C)(C)C.Cl. The highest BCUT2D eigenvalue weighted by Gasteiger charge is 2.29. The monoisotopic (exact) mass is 210 g/mol. The van der Waals surface area contributed by atoms with E-state index in [4.69, 9.17) is 10.8 Å². The van der Waals surface area contributed by atoms with Crippen molar-refractivity contribution in [3.05, 3.63) is 0 Å². The molecule has 0 aliphatic heterocycles. The fraction of sp³-hybridized carbons (Fsp3) is 0.875. The van der Waals surface area contributed by atoms with Crippen molar-refractivity contribution in [2.75, 3.05) is 6.54 Å². The summed E-state index contributed by atoms with van der Waals surface area (Å²) in [6.45, 7) is 7.72. The molecule has 4 nitrogen and oxygen atoms in total. The number of amides is 1. The van der Waals surface area contributed by atoms with Crippen LogP contribution in [0.1, 0.15) is 27.7 Å². The zero-order valence-electron chi connectivity index (χ0n) is 8.57. The molecule has 0 saturated carbocycles. The Balaban J connectivity index is 0. The fourth-order valence-corrected chi connectivity index (χ4v) is 1.24. The van der Waals surface area contributed by atoms with Gasteiger partial charge in [-0.05, 0) is 27.7 Å². The first-order chi connectivity index (χ1) is 5.30. The number of halogens is 1. The highest BCUT2D eigenvalue weighted by molar-refractivity contribution is 5.85. The molecule has 13 heavy (non-hydrogen) atoms. The van der Waals surface area contributed by atoms with E-state index in [2.05, 4.69) is 0 Å². The molecule has 0 heterocycles. The predicted molar refractivity (Wildman–Crippen MR) is 55.4 cm³/mol. The standard InChI is InChI=1S/C8H18N2O2.ClH/c1-6(5-9)10(7(11)12)8(2,3)4;/h6H,5,9H2,1-4H3,(H,11,12);1H/t6-;/m1./s1. The summed E-state index contributed by atoms with van der Waals surface area (Å²) in [5, 5.41) is 8.88. The third-order valence-electron chi connectivity index (χ3n) is 1.71. The van der Waals surface area contributed by atoms with E-state index in [9.17, 15) is 4.79 Å². The number of rotatable bonds is 2. The van der Waals surface area contributed by atoms with Crippen LogP contribution in [0.2, 0.25) is 0 Å². The Hall–Kier alpha value is -0.480. The molecule has 0 unspecified atom stereocenters. The van der Waals surface area contributed by atoms with Crippen LogP contribution in [0.4, 0.5) is 4.79 Å². The van der Waals surface area contributed by atoms with E-state index in [0.717, 1.165) is 0 Å². The summed E-state index contributed by atoms with van der Waals surface area (Å²) in [6, 6.07) is -0.137. The van der Waals surface area contributed by atoms with Crippen LogP contribution >= 0.6 is 12.4 Å². The van der Waals surface area contributed by atoms with E-state index >= 15 is 0 Å². The van der Waals surface area contributed by atoms with Crippen molar-refractivity contribution < 1.29 is 9.90 Å². The van der Waals surface area contributed by atoms with Crippen molar-refractivity contribution in [3.8, 4) is 0 Å². The first kappa shape index (κ1) is 15.0. The quantitative estimate of drug-likeness (QED) is 0.727. The highest BCUT2D eigenvalue weighted by Crippen LogP contribution is 2.16. The Labute approximate surface area is 85.5 Å². The van der Waals surface area contributed by atoms with Gasteiger partial charge in [-0.2, -0.15) is 0 Å². The second kappa shape index (κ2) is 5.29.